The van der Waals surface area contributed by atoms with Gasteiger partial charge in [0, 0.05) is 30.7 Å². The van der Waals surface area contributed by atoms with Crippen LogP contribution in [0.3, 0.4) is 0 Å². The molecular weight excluding hydrogens is 461 g/mol. The van der Waals surface area contributed by atoms with Gasteiger partial charge in [-0.1, -0.05) is 24.3 Å². The van der Waals surface area contributed by atoms with E-state index in [9.17, 15) is 18.3 Å². The number of rotatable bonds is 6. The van der Waals surface area contributed by atoms with Crippen molar-refractivity contribution in [3.63, 3.8) is 0 Å². The molecule has 0 unspecified atom stereocenters. The van der Waals surface area contributed by atoms with Crippen LogP contribution in [-0.4, -0.2) is 67.6 Å². The van der Waals surface area contributed by atoms with Gasteiger partial charge in [-0.25, -0.2) is 4.98 Å². The summed E-state index contributed by atoms with van der Waals surface area (Å²) in [5, 5.41) is 18.7. The lowest BCUT2D eigenvalue weighted by molar-refractivity contribution is -0.183. The van der Waals surface area contributed by atoms with Crippen molar-refractivity contribution in [1.29, 1.82) is 0 Å². The molecule has 35 heavy (non-hydrogen) atoms. The molecule has 1 fully saturated rings. The molecule has 0 radical (unpaired) electrons. The summed E-state index contributed by atoms with van der Waals surface area (Å²) < 4.78 is 49.6. The number of hydrogen-bond donors (Lipinski definition) is 2. The van der Waals surface area contributed by atoms with Crippen LogP contribution in [0.4, 0.5) is 13.2 Å². The highest BCUT2D eigenvalue weighted by atomic mass is 19.4. The molecule has 0 bridgehead atoms. The third kappa shape index (κ3) is 4.66. The van der Waals surface area contributed by atoms with Crippen LogP contribution in [0.5, 0.6) is 5.75 Å². The average molecular weight is 486 g/mol. The number of pyridine rings is 2. The number of para-hydroxylation sites is 1. The normalized spacial score (nSPS) is 18.9. The minimum absolute atomic E-state index is 0.0851. The van der Waals surface area contributed by atoms with Crippen molar-refractivity contribution in [3.05, 3.63) is 54.2 Å². The van der Waals surface area contributed by atoms with E-state index in [0.717, 1.165) is 5.39 Å². The van der Waals surface area contributed by atoms with Gasteiger partial charge in [-0.05, 0) is 37.1 Å². The molecule has 4 heterocycles. The zero-order valence-corrected chi connectivity index (χ0v) is 19.0. The van der Waals surface area contributed by atoms with Crippen molar-refractivity contribution in [2.45, 2.75) is 37.7 Å². The van der Waals surface area contributed by atoms with E-state index in [-0.39, 0.29) is 31.3 Å². The molecular formula is C24H25F3N6O2. The summed E-state index contributed by atoms with van der Waals surface area (Å²) in [4.78, 5) is 6.05. The number of likely N-dealkylation sites (tertiary alicyclic amines) is 1. The fourth-order valence-electron chi connectivity index (χ4n) is 4.47. The molecule has 3 aromatic heterocycles. The highest BCUT2D eigenvalue weighted by Crippen LogP contribution is 2.39. The van der Waals surface area contributed by atoms with Crippen molar-refractivity contribution < 1.29 is 23.0 Å². The second-order valence-electron chi connectivity index (χ2n) is 8.89. The van der Waals surface area contributed by atoms with Crippen LogP contribution in [-0.2, 0) is 0 Å². The van der Waals surface area contributed by atoms with E-state index < -0.39 is 18.3 Å². The molecule has 0 aliphatic carbocycles. The SMILES string of the molecule is C[C@@H](O)COc1cccc2ccc(-c3nnc4ccc([C@@H](N5CC[C@H](N)C5)C(F)(F)F)cn34)nc12. The van der Waals surface area contributed by atoms with Crippen LogP contribution in [0.2, 0.25) is 0 Å². The average Bonchev–Trinajstić information content (AvgIpc) is 3.42. The van der Waals surface area contributed by atoms with Gasteiger partial charge in [-0.2, -0.15) is 13.2 Å². The van der Waals surface area contributed by atoms with Gasteiger partial charge in [0.15, 0.2) is 11.5 Å². The number of aliphatic hydroxyl groups excluding tert-OH is 1. The summed E-state index contributed by atoms with van der Waals surface area (Å²) in [6.07, 6.45) is -3.18. The van der Waals surface area contributed by atoms with Crippen LogP contribution in [0, 0.1) is 0 Å². The topological polar surface area (TPSA) is 102 Å². The third-order valence-corrected chi connectivity index (χ3v) is 6.06. The van der Waals surface area contributed by atoms with Crippen molar-refractivity contribution in [2.75, 3.05) is 19.7 Å². The Morgan fingerprint density at radius 3 is 2.71 bits per heavy atom. The predicted octanol–water partition coefficient (Wildman–Crippen LogP) is 3.34. The van der Waals surface area contributed by atoms with Crippen molar-refractivity contribution in [2.24, 2.45) is 5.73 Å². The molecule has 3 N–H and O–H groups in total. The van der Waals surface area contributed by atoms with Gasteiger partial charge in [0.1, 0.15) is 29.6 Å². The van der Waals surface area contributed by atoms with Gasteiger partial charge in [-0.3, -0.25) is 9.30 Å². The number of halogens is 3. The summed E-state index contributed by atoms with van der Waals surface area (Å²) in [7, 11) is 0. The molecule has 0 amide bonds. The van der Waals surface area contributed by atoms with Crippen molar-refractivity contribution in [1.82, 2.24) is 24.5 Å². The second-order valence-corrected chi connectivity index (χ2v) is 8.89. The Labute approximate surface area is 199 Å². The van der Waals surface area contributed by atoms with Gasteiger partial charge in [-0.15, -0.1) is 10.2 Å². The van der Waals surface area contributed by atoms with E-state index in [1.807, 2.05) is 18.2 Å². The van der Waals surface area contributed by atoms with E-state index in [4.69, 9.17) is 10.5 Å². The summed E-state index contributed by atoms with van der Waals surface area (Å²) in [5.41, 5.74) is 7.36. The first-order chi connectivity index (χ1) is 16.7. The second kappa shape index (κ2) is 9.06. The predicted molar refractivity (Wildman–Crippen MR) is 124 cm³/mol. The fraction of sp³-hybridized carbons (Fsp3) is 0.375. The molecule has 11 heteroatoms. The largest absolute Gasteiger partial charge is 0.489 e. The number of nitrogens with zero attached hydrogens (tertiary/aromatic N) is 5. The minimum atomic E-state index is -4.47. The zero-order chi connectivity index (χ0) is 24.7. The van der Waals surface area contributed by atoms with Crippen LogP contribution < -0.4 is 10.5 Å². The standard InChI is InChI=1S/C24H25F3N6O2/c1-14(34)13-35-19-4-2-3-15-5-7-18(29-21(15)19)23-31-30-20-8-6-16(11-33(20)23)22(24(25,26)27)32-10-9-17(28)12-32/h2-8,11,14,17,22,34H,9-10,12-13,28H2,1H3/t14-,17+,22-/m1/s1. The first-order valence-corrected chi connectivity index (χ1v) is 11.3. The fourth-order valence-corrected chi connectivity index (χ4v) is 4.47. The van der Waals surface area contributed by atoms with Crippen LogP contribution in [0.1, 0.15) is 24.9 Å². The van der Waals surface area contributed by atoms with Gasteiger partial charge in [0.05, 0.1) is 6.10 Å². The Hall–Kier alpha value is -3.28. The van der Waals surface area contributed by atoms with Gasteiger partial charge in [0.25, 0.3) is 0 Å². The molecule has 0 saturated carbocycles. The Balaban J connectivity index is 1.57. The molecule has 1 aliphatic heterocycles. The first kappa shape index (κ1) is 23.5. The number of benzene rings is 1. The van der Waals surface area contributed by atoms with Crippen molar-refractivity contribution >= 4 is 16.6 Å². The number of hydrogen-bond acceptors (Lipinski definition) is 7. The minimum Gasteiger partial charge on any atom is -0.489 e. The van der Waals surface area contributed by atoms with Gasteiger partial charge >= 0.3 is 6.18 Å². The molecule has 0 spiro atoms. The van der Waals surface area contributed by atoms with Crippen molar-refractivity contribution in [3.8, 4) is 17.3 Å². The molecule has 5 rings (SSSR count). The molecule has 1 saturated heterocycles. The highest BCUT2D eigenvalue weighted by molar-refractivity contribution is 5.86. The zero-order valence-electron chi connectivity index (χ0n) is 19.0. The number of aliphatic hydroxyl groups is 1. The Morgan fingerprint density at radius 2 is 2.00 bits per heavy atom. The number of aromatic nitrogens is 4. The quantitative estimate of drug-likeness (QED) is 0.431. The highest BCUT2D eigenvalue weighted by Gasteiger charge is 2.46. The first-order valence-electron chi connectivity index (χ1n) is 11.3. The maximum absolute atomic E-state index is 14.1. The lowest BCUT2D eigenvalue weighted by Crippen LogP contribution is -2.38. The van der Waals surface area contributed by atoms with Gasteiger partial charge in [0.2, 0.25) is 0 Å². The number of nitrogens with two attached hydrogens (primary N) is 1. The number of fused-ring (bicyclic) bond motifs is 2. The smallest absolute Gasteiger partial charge is 0.408 e. The van der Waals surface area contributed by atoms with E-state index in [1.54, 1.807) is 19.1 Å². The van der Waals surface area contributed by atoms with E-state index in [2.05, 4.69) is 15.2 Å². The van der Waals surface area contributed by atoms with E-state index in [0.29, 0.717) is 34.9 Å². The van der Waals surface area contributed by atoms with Gasteiger partial charge < -0.3 is 15.6 Å². The Morgan fingerprint density at radius 1 is 1.17 bits per heavy atom. The summed E-state index contributed by atoms with van der Waals surface area (Å²) in [6.45, 7) is 2.17. The molecule has 3 atom stereocenters. The maximum Gasteiger partial charge on any atom is 0.408 e. The molecule has 4 aromatic rings. The lowest BCUT2D eigenvalue weighted by Gasteiger charge is -2.30. The van der Waals surface area contributed by atoms with Crippen LogP contribution in [0.25, 0.3) is 28.1 Å². The Bertz CT molecular complexity index is 1360. The third-order valence-electron chi connectivity index (χ3n) is 6.06. The monoisotopic (exact) mass is 486 g/mol. The van der Waals surface area contributed by atoms with Crippen LogP contribution >= 0.6 is 0 Å². The lowest BCUT2D eigenvalue weighted by atomic mass is 10.1. The summed E-state index contributed by atoms with van der Waals surface area (Å²) in [6, 6.07) is 9.92. The number of ether oxygens (including phenoxy) is 1. The molecule has 184 valence electrons. The Kier molecular flexibility index (Phi) is 6.07. The summed E-state index contributed by atoms with van der Waals surface area (Å²) >= 11 is 0. The number of alkyl halides is 3. The molecule has 1 aromatic carbocycles. The van der Waals surface area contributed by atoms with E-state index >= 15 is 0 Å². The van der Waals surface area contributed by atoms with Crippen LogP contribution in [0.15, 0.2) is 48.7 Å². The van der Waals surface area contributed by atoms with E-state index in [1.165, 1.54) is 27.6 Å². The maximum atomic E-state index is 14.1. The summed E-state index contributed by atoms with van der Waals surface area (Å²) in [5.74, 6) is 0.801. The molecule has 8 nitrogen and oxygen atoms in total. The molecule has 1 aliphatic rings.